The molecule has 0 aliphatic carbocycles. The van der Waals surface area contributed by atoms with E-state index in [9.17, 15) is 0 Å². The number of nitrogens with zero attached hydrogens (tertiary/aromatic N) is 4. The molecule has 0 unspecified atom stereocenters. The van der Waals surface area contributed by atoms with Gasteiger partial charge in [0.1, 0.15) is 5.75 Å². The first-order valence-corrected chi connectivity index (χ1v) is 9.27. The fraction of sp³-hybridized carbons (Fsp3) is 0.150. The van der Waals surface area contributed by atoms with Crippen molar-refractivity contribution >= 4 is 17.4 Å². The standard InChI is InChI=1S/C20H18N4OS/c1-14-6-8-15(9-7-14)13-26-20-22-21-19-11-10-18(23-24(19)20)16-4-3-5-17(12-16)25-2/h3-12H,13H2,1-2H3. The summed E-state index contributed by atoms with van der Waals surface area (Å²) in [5.41, 5.74) is 5.10. The highest BCUT2D eigenvalue weighted by molar-refractivity contribution is 7.98. The lowest BCUT2D eigenvalue weighted by molar-refractivity contribution is 0.415. The molecule has 130 valence electrons. The second-order valence-electron chi connectivity index (χ2n) is 5.98. The highest BCUT2D eigenvalue weighted by atomic mass is 32.2. The fourth-order valence-corrected chi connectivity index (χ4v) is 3.47. The molecule has 4 aromatic rings. The lowest BCUT2D eigenvalue weighted by atomic mass is 10.1. The van der Waals surface area contributed by atoms with Crippen LogP contribution in [-0.4, -0.2) is 26.9 Å². The molecule has 0 aliphatic rings. The number of thioether (sulfide) groups is 1. The van der Waals surface area contributed by atoms with Crippen LogP contribution in [0.2, 0.25) is 0 Å². The average Bonchev–Trinajstić information content (AvgIpc) is 3.10. The van der Waals surface area contributed by atoms with Crippen molar-refractivity contribution in [3.8, 4) is 17.0 Å². The summed E-state index contributed by atoms with van der Waals surface area (Å²) < 4.78 is 7.10. The molecule has 0 N–H and O–H groups in total. The third-order valence-corrected chi connectivity index (χ3v) is 5.08. The van der Waals surface area contributed by atoms with Crippen molar-refractivity contribution in [2.75, 3.05) is 7.11 Å². The highest BCUT2D eigenvalue weighted by Gasteiger charge is 2.10. The van der Waals surface area contributed by atoms with Crippen LogP contribution in [0.3, 0.4) is 0 Å². The third kappa shape index (κ3) is 3.41. The molecular formula is C20H18N4OS. The summed E-state index contributed by atoms with van der Waals surface area (Å²) in [5, 5.41) is 14.0. The van der Waals surface area contributed by atoms with Crippen molar-refractivity contribution in [1.29, 1.82) is 0 Å². The maximum atomic E-state index is 5.31. The Kier molecular flexibility index (Phi) is 4.58. The molecule has 0 radical (unpaired) electrons. The minimum absolute atomic E-state index is 0.739. The van der Waals surface area contributed by atoms with E-state index in [1.807, 2.05) is 36.4 Å². The Morgan fingerprint density at radius 2 is 1.85 bits per heavy atom. The van der Waals surface area contributed by atoms with Crippen LogP contribution in [0, 0.1) is 6.92 Å². The molecule has 0 atom stereocenters. The Labute approximate surface area is 156 Å². The summed E-state index contributed by atoms with van der Waals surface area (Å²) in [4.78, 5) is 0. The largest absolute Gasteiger partial charge is 0.497 e. The third-order valence-electron chi connectivity index (χ3n) is 4.09. The number of hydrogen-bond donors (Lipinski definition) is 0. The number of rotatable bonds is 5. The number of methoxy groups -OCH3 is 1. The normalized spacial score (nSPS) is 11.0. The van der Waals surface area contributed by atoms with Gasteiger partial charge in [-0.2, -0.15) is 9.61 Å². The second-order valence-corrected chi connectivity index (χ2v) is 6.92. The first-order chi connectivity index (χ1) is 12.7. The summed E-state index contributed by atoms with van der Waals surface area (Å²) in [5.74, 6) is 1.63. The van der Waals surface area contributed by atoms with E-state index in [1.165, 1.54) is 11.1 Å². The quantitative estimate of drug-likeness (QED) is 0.493. The van der Waals surface area contributed by atoms with E-state index in [1.54, 1.807) is 23.4 Å². The molecular weight excluding hydrogens is 344 g/mol. The molecule has 26 heavy (non-hydrogen) atoms. The number of aryl methyl sites for hydroxylation is 1. The zero-order valence-electron chi connectivity index (χ0n) is 14.6. The Bertz CT molecular complexity index is 1040. The molecule has 0 bridgehead atoms. The summed E-state index contributed by atoms with van der Waals surface area (Å²) in [6.45, 7) is 2.09. The molecule has 0 amide bonds. The maximum absolute atomic E-state index is 5.31. The molecule has 2 heterocycles. The zero-order chi connectivity index (χ0) is 17.9. The Hall–Kier alpha value is -2.86. The van der Waals surface area contributed by atoms with Crippen LogP contribution < -0.4 is 4.74 Å². The van der Waals surface area contributed by atoms with Gasteiger partial charge in [0, 0.05) is 11.3 Å². The first-order valence-electron chi connectivity index (χ1n) is 8.28. The molecule has 0 spiro atoms. The molecule has 0 saturated carbocycles. The van der Waals surface area contributed by atoms with E-state index < -0.39 is 0 Å². The van der Waals surface area contributed by atoms with Gasteiger partial charge < -0.3 is 4.74 Å². The van der Waals surface area contributed by atoms with Gasteiger partial charge in [0.2, 0.25) is 5.16 Å². The topological polar surface area (TPSA) is 52.3 Å². The van der Waals surface area contributed by atoms with Crippen LogP contribution in [0.5, 0.6) is 5.75 Å². The summed E-state index contributed by atoms with van der Waals surface area (Å²) >= 11 is 1.63. The Morgan fingerprint density at radius 3 is 2.65 bits per heavy atom. The molecule has 5 nitrogen and oxygen atoms in total. The van der Waals surface area contributed by atoms with Gasteiger partial charge in [-0.1, -0.05) is 53.7 Å². The van der Waals surface area contributed by atoms with Gasteiger partial charge in [-0.25, -0.2) is 0 Å². The molecule has 0 aliphatic heterocycles. The van der Waals surface area contributed by atoms with Gasteiger partial charge in [0.05, 0.1) is 12.8 Å². The predicted octanol–water partition coefficient (Wildman–Crippen LogP) is 4.40. The zero-order valence-corrected chi connectivity index (χ0v) is 15.4. The summed E-state index contributed by atoms with van der Waals surface area (Å²) in [7, 11) is 1.66. The van der Waals surface area contributed by atoms with E-state index in [0.717, 1.165) is 33.6 Å². The van der Waals surface area contributed by atoms with E-state index in [2.05, 4.69) is 41.4 Å². The fourth-order valence-electron chi connectivity index (χ4n) is 2.63. The first kappa shape index (κ1) is 16.6. The van der Waals surface area contributed by atoms with Gasteiger partial charge >= 0.3 is 0 Å². The Balaban J connectivity index is 1.62. The number of benzene rings is 2. The number of fused-ring (bicyclic) bond motifs is 1. The van der Waals surface area contributed by atoms with Gasteiger partial charge in [0.15, 0.2) is 5.65 Å². The van der Waals surface area contributed by atoms with E-state index in [4.69, 9.17) is 9.84 Å². The smallest absolute Gasteiger partial charge is 0.212 e. The van der Waals surface area contributed by atoms with Crippen LogP contribution in [0.4, 0.5) is 0 Å². The van der Waals surface area contributed by atoms with Gasteiger partial charge in [-0.15, -0.1) is 10.2 Å². The van der Waals surface area contributed by atoms with Crippen molar-refractivity contribution < 1.29 is 4.74 Å². The predicted molar refractivity (Wildman–Crippen MR) is 104 cm³/mol. The lowest BCUT2D eigenvalue weighted by Crippen LogP contribution is -1.97. The molecule has 4 rings (SSSR count). The maximum Gasteiger partial charge on any atom is 0.212 e. The molecule has 0 saturated heterocycles. The van der Waals surface area contributed by atoms with Gasteiger partial charge in [-0.3, -0.25) is 0 Å². The van der Waals surface area contributed by atoms with Gasteiger partial charge in [0.25, 0.3) is 0 Å². The molecule has 2 aromatic carbocycles. The summed E-state index contributed by atoms with van der Waals surface area (Å²) in [6.07, 6.45) is 0. The van der Waals surface area contributed by atoms with Crippen LogP contribution in [0.1, 0.15) is 11.1 Å². The van der Waals surface area contributed by atoms with Crippen LogP contribution in [0.15, 0.2) is 65.8 Å². The van der Waals surface area contributed by atoms with Crippen molar-refractivity contribution in [2.24, 2.45) is 0 Å². The van der Waals surface area contributed by atoms with E-state index >= 15 is 0 Å². The Morgan fingerprint density at radius 1 is 1.00 bits per heavy atom. The minimum Gasteiger partial charge on any atom is -0.497 e. The van der Waals surface area contributed by atoms with Crippen LogP contribution in [-0.2, 0) is 5.75 Å². The van der Waals surface area contributed by atoms with E-state index in [-0.39, 0.29) is 0 Å². The van der Waals surface area contributed by atoms with Crippen molar-refractivity contribution in [2.45, 2.75) is 17.8 Å². The molecule has 0 fully saturated rings. The lowest BCUT2D eigenvalue weighted by Gasteiger charge is -2.05. The SMILES string of the molecule is COc1cccc(-c2ccc3nnc(SCc4ccc(C)cc4)n3n2)c1. The second kappa shape index (κ2) is 7.17. The van der Waals surface area contributed by atoms with Crippen molar-refractivity contribution in [1.82, 2.24) is 19.8 Å². The number of ether oxygens (including phenoxy) is 1. The van der Waals surface area contributed by atoms with Crippen molar-refractivity contribution in [3.63, 3.8) is 0 Å². The average molecular weight is 362 g/mol. The number of aromatic nitrogens is 4. The van der Waals surface area contributed by atoms with Crippen molar-refractivity contribution in [3.05, 3.63) is 71.8 Å². The monoisotopic (exact) mass is 362 g/mol. The van der Waals surface area contributed by atoms with Gasteiger partial charge in [-0.05, 0) is 36.8 Å². The molecule has 2 aromatic heterocycles. The van der Waals surface area contributed by atoms with Crippen LogP contribution in [0.25, 0.3) is 16.9 Å². The van der Waals surface area contributed by atoms with Crippen LogP contribution >= 0.6 is 11.8 Å². The number of hydrogen-bond acceptors (Lipinski definition) is 5. The summed E-state index contributed by atoms with van der Waals surface area (Å²) in [6, 6.07) is 20.3. The molecule has 6 heteroatoms. The highest BCUT2D eigenvalue weighted by Crippen LogP contribution is 2.25. The van der Waals surface area contributed by atoms with E-state index in [0.29, 0.717) is 0 Å². The minimum atomic E-state index is 0.739.